The van der Waals surface area contributed by atoms with Gasteiger partial charge in [-0.3, -0.25) is 19.9 Å². The van der Waals surface area contributed by atoms with E-state index in [9.17, 15) is 24.8 Å². The van der Waals surface area contributed by atoms with Crippen LogP contribution >= 0.6 is 0 Å². The van der Waals surface area contributed by atoms with E-state index < -0.39 is 28.7 Å². The standard InChI is InChI=1S/C21H26N2O7/c1-12(2)11-29-8-9-30-21(26)18-14(4)22-13(3)17(20(24)25)19(18)15-6-5-7-16(10-15)23(27)28/h5-7,10,12,17,19H,8-9,11H2,1-4H3,(H,24,25). The first-order valence-electron chi connectivity index (χ1n) is 9.61. The van der Waals surface area contributed by atoms with Crippen molar-refractivity contribution < 1.29 is 29.1 Å². The number of carboxylic acid groups (broad SMARTS) is 1. The molecule has 1 aromatic carbocycles. The maximum absolute atomic E-state index is 12.9. The Bertz CT molecular complexity index is 889. The van der Waals surface area contributed by atoms with Gasteiger partial charge in [-0.2, -0.15) is 0 Å². The summed E-state index contributed by atoms with van der Waals surface area (Å²) < 4.78 is 10.7. The van der Waals surface area contributed by atoms with Crippen LogP contribution in [0.1, 0.15) is 39.2 Å². The molecule has 0 aromatic heterocycles. The number of carbonyl (C=O) groups excluding carboxylic acids is 1. The third-order valence-corrected chi connectivity index (χ3v) is 4.67. The largest absolute Gasteiger partial charge is 0.481 e. The highest BCUT2D eigenvalue weighted by molar-refractivity contribution is 6.06. The van der Waals surface area contributed by atoms with Crippen molar-refractivity contribution in [3.8, 4) is 0 Å². The molecular formula is C21H26N2O7. The molecule has 1 aliphatic rings. The number of nitrogens with zero attached hydrogens (tertiary/aromatic N) is 2. The number of carboxylic acids is 1. The number of nitro groups is 1. The van der Waals surface area contributed by atoms with Gasteiger partial charge in [-0.05, 0) is 25.3 Å². The second-order valence-electron chi connectivity index (χ2n) is 7.50. The van der Waals surface area contributed by atoms with Crippen LogP contribution in [0, 0.1) is 22.0 Å². The summed E-state index contributed by atoms with van der Waals surface area (Å²) in [5, 5.41) is 21.0. The number of carbonyl (C=O) groups is 2. The zero-order chi connectivity index (χ0) is 22.4. The average molecular weight is 418 g/mol. The van der Waals surface area contributed by atoms with E-state index in [-0.39, 0.29) is 24.5 Å². The predicted molar refractivity (Wildman–Crippen MR) is 109 cm³/mol. The maximum Gasteiger partial charge on any atom is 0.336 e. The van der Waals surface area contributed by atoms with Gasteiger partial charge in [-0.15, -0.1) is 0 Å². The van der Waals surface area contributed by atoms with Gasteiger partial charge >= 0.3 is 11.9 Å². The summed E-state index contributed by atoms with van der Waals surface area (Å²) in [5.41, 5.74) is 0.873. The summed E-state index contributed by atoms with van der Waals surface area (Å²) >= 11 is 0. The van der Waals surface area contributed by atoms with Crippen LogP contribution in [-0.2, 0) is 19.1 Å². The lowest BCUT2D eigenvalue weighted by Crippen LogP contribution is -2.35. The molecule has 0 saturated heterocycles. The van der Waals surface area contributed by atoms with Crippen LogP contribution in [0.4, 0.5) is 5.69 Å². The van der Waals surface area contributed by atoms with Crippen molar-refractivity contribution in [2.45, 2.75) is 33.6 Å². The summed E-state index contributed by atoms with van der Waals surface area (Å²) in [4.78, 5) is 39.7. The fourth-order valence-electron chi connectivity index (χ4n) is 3.40. The van der Waals surface area contributed by atoms with Gasteiger partial charge in [0.05, 0.1) is 17.1 Å². The molecule has 0 bridgehead atoms. The van der Waals surface area contributed by atoms with Crippen LogP contribution in [0.3, 0.4) is 0 Å². The fraction of sp³-hybridized carbons (Fsp3) is 0.476. The van der Waals surface area contributed by atoms with Crippen LogP contribution < -0.4 is 0 Å². The highest BCUT2D eigenvalue weighted by Gasteiger charge is 2.42. The van der Waals surface area contributed by atoms with E-state index in [4.69, 9.17) is 9.47 Å². The van der Waals surface area contributed by atoms with E-state index in [1.807, 2.05) is 13.8 Å². The highest BCUT2D eigenvalue weighted by atomic mass is 16.6. The Kier molecular flexibility index (Phi) is 7.82. The molecule has 1 aliphatic heterocycles. The van der Waals surface area contributed by atoms with E-state index in [0.29, 0.717) is 29.5 Å². The third kappa shape index (κ3) is 5.50. The molecule has 0 radical (unpaired) electrons. The van der Waals surface area contributed by atoms with E-state index in [2.05, 4.69) is 4.99 Å². The maximum atomic E-state index is 12.9. The molecule has 0 fully saturated rings. The topological polar surface area (TPSA) is 128 Å². The summed E-state index contributed by atoms with van der Waals surface area (Å²) in [6.07, 6.45) is 0. The first kappa shape index (κ1) is 23.2. The number of esters is 1. The number of hydrogen-bond acceptors (Lipinski definition) is 7. The Morgan fingerprint density at radius 3 is 2.57 bits per heavy atom. The lowest BCUT2D eigenvalue weighted by Gasteiger charge is -2.30. The summed E-state index contributed by atoms with van der Waals surface area (Å²) in [6.45, 7) is 7.90. The van der Waals surface area contributed by atoms with Crippen LogP contribution in [0.2, 0.25) is 0 Å². The van der Waals surface area contributed by atoms with Crippen molar-refractivity contribution >= 4 is 23.3 Å². The number of non-ortho nitro benzene ring substituents is 1. The number of nitro benzene ring substituents is 1. The Labute approximate surface area is 174 Å². The fourth-order valence-corrected chi connectivity index (χ4v) is 3.40. The smallest absolute Gasteiger partial charge is 0.336 e. The zero-order valence-electron chi connectivity index (χ0n) is 17.5. The van der Waals surface area contributed by atoms with Crippen molar-refractivity contribution in [1.82, 2.24) is 0 Å². The van der Waals surface area contributed by atoms with E-state index >= 15 is 0 Å². The molecule has 2 unspecified atom stereocenters. The van der Waals surface area contributed by atoms with Crippen molar-refractivity contribution in [3.63, 3.8) is 0 Å². The van der Waals surface area contributed by atoms with E-state index in [0.717, 1.165) is 0 Å². The lowest BCUT2D eigenvalue weighted by atomic mass is 9.75. The molecule has 2 atom stereocenters. The first-order valence-corrected chi connectivity index (χ1v) is 9.61. The Balaban J connectivity index is 2.37. The molecule has 0 aliphatic carbocycles. The van der Waals surface area contributed by atoms with Crippen LogP contribution in [0.25, 0.3) is 0 Å². The molecule has 30 heavy (non-hydrogen) atoms. The second-order valence-corrected chi connectivity index (χ2v) is 7.50. The molecule has 2 rings (SSSR count). The summed E-state index contributed by atoms with van der Waals surface area (Å²) in [5.74, 6) is -3.64. The van der Waals surface area contributed by atoms with Gasteiger partial charge in [0, 0.05) is 36.1 Å². The minimum atomic E-state index is -1.18. The van der Waals surface area contributed by atoms with Gasteiger partial charge in [-0.1, -0.05) is 26.0 Å². The average Bonchev–Trinajstić information content (AvgIpc) is 2.66. The molecule has 0 amide bonds. The number of ether oxygens (including phenoxy) is 2. The highest BCUT2D eigenvalue weighted by Crippen LogP contribution is 2.40. The Morgan fingerprint density at radius 1 is 1.27 bits per heavy atom. The molecule has 1 N–H and O–H groups in total. The van der Waals surface area contributed by atoms with Gasteiger partial charge in [0.1, 0.15) is 12.5 Å². The minimum absolute atomic E-state index is 0.00439. The van der Waals surface area contributed by atoms with Crippen molar-refractivity contribution in [1.29, 1.82) is 0 Å². The first-order chi connectivity index (χ1) is 14.1. The molecule has 9 heteroatoms. The molecule has 0 spiro atoms. The van der Waals surface area contributed by atoms with Gasteiger partial charge in [0.25, 0.3) is 5.69 Å². The minimum Gasteiger partial charge on any atom is -0.481 e. The van der Waals surface area contributed by atoms with Crippen LogP contribution in [-0.4, -0.2) is 47.5 Å². The van der Waals surface area contributed by atoms with E-state index in [1.54, 1.807) is 19.9 Å². The monoisotopic (exact) mass is 418 g/mol. The number of rotatable bonds is 9. The Morgan fingerprint density at radius 2 is 1.97 bits per heavy atom. The number of hydrogen-bond donors (Lipinski definition) is 1. The molecule has 1 aromatic rings. The van der Waals surface area contributed by atoms with Crippen molar-refractivity contribution in [2.24, 2.45) is 16.8 Å². The quantitative estimate of drug-likeness (QED) is 0.282. The van der Waals surface area contributed by atoms with Gasteiger partial charge < -0.3 is 14.6 Å². The molecule has 0 saturated carbocycles. The molecule has 162 valence electrons. The molecule has 1 heterocycles. The number of benzene rings is 1. The zero-order valence-corrected chi connectivity index (χ0v) is 17.5. The summed E-state index contributed by atoms with van der Waals surface area (Å²) in [6, 6.07) is 5.62. The van der Waals surface area contributed by atoms with E-state index in [1.165, 1.54) is 18.2 Å². The molecular weight excluding hydrogens is 392 g/mol. The second kappa shape index (κ2) is 10.1. The SMILES string of the molecule is CC1=NC(C)=C(C(=O)OCCOCC(C)C)C(c2cccc([N+](=O)[O-])c2)C1C(=O)O. The third-order valence-electron chi connectivity index (χ3n) is 4.67. The van der Waals surface area contributed by atoms with Crippen LogP contribution in [0.15, 0.2) is 40.5 Å². The number of aliphatic imine (C=N–C) groups is 1. The van der Waals surface area contributed by atoms with Crippen molar-refractivity contribution in [3.05, 3.63) is 51.2 Å². The lowest BCUT2D eigenvalue weighted by molar-refractivity contribution is -0.384. The van der Waals surface area contributed by atoms with Gasteiger partial charge in [0.2, 0.25) is 0 Å². The predicted octanol–water partition coefficient (Wildman–Crippen LogP) is 3.34. The van der Waals surface area contributed by atoms with Gasteiger partial charge in [0.15, 0.2) is 0 Å². The number of allylic oxidation sites excluding steroid dienone is 1. The van der Waals surface area contributed by atoms with Crippen molar-refractivity contribution in [2.75, 3.05) is 19.8 Å². The molecule has 9 nitrogen and oxygen atoms in total. The Hall–Kier alpha value is -3.07. The summed E-state index contributed by atoms with van der Waals surface area (Å²) in [7, 11) is 0. The normalized spacial score (nSPS) is 18.9. The van der Waals surface area contributed by atoms with Crippen LogP contribution in [0.5, 0.6) is 0 Å². The van der Waals surface area contributed by atoms with Gasteiger partial charge in [-0.25, -0.2) is 4.79 Å². The number of aliphatic carboxylic acids is 1.